The van der Waals surface area contributed by atoms with Crippen LogP contribution in [0.25, 0.3) is 22.6 Å². The van der Waals surface area contributed by atoms with Crippen molar-refractivity contribution in [3.63, 3.8) is 0 Å². The van der Waals surface area contributed by atoms with E-state index in [0.717, 1.165) is 45.3 Å². The van der Waals surface area contributed by atoms with Crippen LogP contribution in [0.4, 0.5) is 0 Å². The molecule has 0 unspecified atom stereocenters. The van der Waals surface area contributed by atoms with E-state index in [0.29, 0.717) is 0 Å². The maximum atomic E-state index is 6.24. The molecule has 0 amide bonds. The zero-order chi connectivity index (χ0) is 20.8. The van der Waals surface area contributed by atoms with E-state index in [1.54, 1.807) is 14.2 Å². The summed E-state index contributed by atoms with van der Waals surface area (Å²) in [5.41, 5.74) is 3.75. The molecule has 0 bridgehead atoms. The standard InChI is InChI=1S/C27H21O3/c1-28-24-14-10-22(11-15-24)26-18-21(9-8-20-6-4-3-5-7-20)19-27(30-26)23-12-16-25(29-2)17-13-23/h3-7,10-19H,1-2H3/q+1. The number of hydrogen-bond acceptors (Lipinski definition) is 2. The number of ether oxygens (including phenoxy) is 2. The molecule has 3 heteroatoms. The Hall–Kier alpha value is -4.03. The lowest BCUT2D eigenvalue weighted by atomic mass is 10.1. The Morgan fingerprint density at radius 2 is 1.03 bits per heavy atom. The van der Waals surface area contributed by atoms with Crippen LogP contribution in [0, 0.1) is 11.8 Å². The van der Waals surface area contributed by atoms with Gasteiger partial charge in [-0.2, -0.15) is 0 Å². The highest BCUT2D eigenvalue weighted by atomic mass is 16.5. The molecule has 0 saturated carbocycles. The normalized spacial score (nSPS) is 10.1. The van der Waals surface area contributed by atoms with Gasteiger partial charge in [0.1, 0.15) is 11.5 Å². The lowest BCUT2D eigenvalue weighted by Gasteiger charge is -2.01. The second kappa shape index (κ2) is 8.98. The van der Waals surface area contributed by atoms with Crippen LogP contribution >= 0.6 is 0 Å². The quantitative estimate of drug-likeness (QED) is 0.300. The summed E-state index contributed by atoms with van der Waals surface area (Å²) in [5.74, 6) is 9.57. The zero-order valence-electron chi connectivity index (χ0n) is 16.9. The Morgan fingerprint density at radius 3 is 1.50 bits per heavy atom. The van der Waals surface area contributed by atoms with Crippen LogP contribution in [0.5, 0.6) is 11.5 Å². The fourth-order valence-electron chi connectivity index (χ4n) is 3.03. The van der Waals surface area contributed by atoms with Crippen LogP contribution in [0.1, 0.15) is 11.1 Å². The van der Waals surface area contributed by atoms with Crippen LogP contribution in [0.3, 0.4) is 0 Å². The van der Waals surface area contributed by atoms with Gasteiger partial charge in [0.2, 0.25) is 0 Å². The van der Waals surface area contributed by atoms with Crippen LogP contribution in [0.2, 0.25) is 0 Å². The first-order valence-electron chi connectivity index (χ1n) is 9.59. The Bertz CT molecular complexity index is 1120. The van der Waals surface area contributed by atoms with Gasteiger partial charge in [-0.15, -0.1) is 0 Å². The summed E-state index contributed by atoms with van der Waals surface area (Å²) >= 11 is 0. The SMILES string of the molecule is COc1ccc(-c2cc(C#Cc3ccccc3)cc(-c3ccc(OC)cc3)[o+]2)cc1. The Balaban J connectivity index is 1.79. The molecule has 1 aromatic heterocycles. The summed E-state index contributed by atoms with van der Waals surface area (Å²) in [4.78, 5) is 0. The molecule has 0 aliphatic rings. The minimum Gasteiger partial charge on any atom is -0.497 e. The average molecular weight is 393 g/mol. The molecule has 146 valence electrons. The highest BCUT2D eigenvalue weighted by Crippen LogP contribution is 2.30. The lowest BCUT2D eigenvalue weighted by molar-refractivity contribution is 0.415. The van der Waals surface area contributed by atoms with E-state index in [-0.39, 0.29) is 0 Å². The van der Waals surface area contributed by atoms with Gasteiger partial charge in [0.15, 0.2) is 0 Å². The largest absolute Gasteiger partial charge is 0.497 e. The van der Waals surface area contributed by atoms with Crippen molar-refractivity contribution in [2.24, 2.45) is 0 Å². The predicted octanol–water partition coefficient (Wildman–Crippen LogP) is 6.31. The molecule has 0 atom stereocenters. The molecule has 0 saturated heterocycles. The molecule has 0 N–H and O–H groups in total. The summed E-state index contributed by atoms with van der Waals surface area (Å²) in [6.07, 6.45) is 0. The topological polar surface area (TPSA) is 29.8 Å². The molecule has 0 aliphatic heterocycles. The second-order valence-corrected chi connectivity index (χ2v) is 6.65. The van der Waals surface area contributed by atoms with E-state index in [2.05, 4.69) is 11.8 Å². The third-order valence-corrected chi connectivity index (χ3v) is 4.67. The van der Waals surface area contributed by atoms with Gasteiger partial charge in [0.25, 0.3) is 0 Å². The van der Waals surface area contributed by atoms with Crippen molar-refractivity contribution in [1.29, 1.82) is 0 Å². The Kier molecular flexibility index (Phi) is 5.78. The van der Waals surface area contributed by atoms with Crippen molar-refractivity contribution in [2.75, 3.05) is 14.2 Å². The van der Waals surface area contributed by atoms with Crippen molar-refractivity contribution in [3.05, 3.63) is 102 Å². The molecule has 3 aromatic carbocycles. The van der Waals surface area contributed by atoms with Crippen molar-refractivity contribution in [1.82, 2.24) is 0 Å². The summed E-state index contributed by atoms with van der Waals surface area (Å²) in [6.45, 7) is 0. The van der Waals surface area contributed by atoms with Crippen molar-refractivity contribution in [3.8, 4) is 46.0 Å². The summed E-state index contributed by atoms with van der Waals surface area (Å²) in [6, 6.07) is 29.4. The molecule has 3 nitrogen and oxygen atoms in total. The van der Waals surface area contributed by atoms with Crippen LogP contribution in [-0.2, 0) is 0 Å². The zero-order valence-corrected chi connectivity index (χ0v) is 16.9. The molecule has 0 aliphatic carbocycles. The smallest absolute Gasteiger partial charge is 0.362 e. The molecule has 0 fully saturated rings. The molecular formula is C27H21O3+. The fraction of sp³-hybridized carbons (Fsp3) is 0.0741. The number of benzene rings is 3. The van der Waals surface area contributed by atoms with Crippen molar-refractivity contribution < 1.29 is 13.9 Å². The summed E-state index contributed by atoms with van der Waals surface area (Å²) < 4.78 is 16.8. The van der Waals surface area contributed by atoms with E-state index in [4.69, 9.17) is 13.9 Å². The molecular weight excluding hydrogens is 372 g/mol. The van der Waals surface area contributed by atoms with Gasteiger partial charge in [-0.3, -0.25) is 0 Å². The number of hydrogen-bond donors (Lipinski definition) is 0. The summed E-state index contributed by atoms with van der Waals surface area (Å²) in [5, 5.41) is 0. The van der Waals surface area contributed by atoms with E-state index in [1.165, 1.54) is 0 Å². The van der Waals surface area contributed by atoms with Gasteiger partial charge >= 0.3 is 11.5 Å². The van der Waals surface area contributed by atoms with E-state index in [9.17, 15) is 0 Å². The molecule has 4 aromatic rings. The molecule has 4 rings (SSSR count). The maximum Gasteiger partial charge on any atom is 0.362 e. The Morgan fingerprint density at radius 1 is 0.567 bits per heavy atom. The highest BCUT2D eigenvalue weighted by Gasteiger charge is 2.19. The third kappa shape index (κ3) is 4.51. The van der Waals surface area contributed by atoms with E-state index in [1.807, 2.05) is 91.0 Å². The van der Waals surface area contributed by atoms with E-state index >= 15 is 0 Å². The van der Waals surface area contributed by atoms with Crippen LogP contribution in [0.15, 0.2) is 95.4 Å². The third-order valence-electron chi connectivity index (χ3n) is 4.67. The van der Waals surface area contributed by atoms with E-state index < -0.39 is 0 Å². The molecule has 30 heavy (non-hydrogen) atoms. The average Bonchev–Trinajstić information content (AvgIpc) is 2.83. The van der Waals surface area contributed by atoms with Gasteiger partial charge in [-0.1, -0.05) is 30.0 Å². The first kappa shape index (κ1) is 19.3. The minimum atomic E-state index is 0.739. The summed E-state index contributed by atoms with van der Waals surface area (Å²) in [7, 11) is 3.31. The number of rotatable bonds is 4. The fourth-order valence-corrected chi connectivity index (χ4v) is 3.03. The second-order valence-electron chi connectivity index (χ2n) is 6.65. The van der Waals surface area contributed by atoms with Gasteiger partial charge in [0, 0.05) is 11.1 Å². The number of methoxy groups -OCH3 is 2. The van der Waals surface area contributed by atoms with Crippen molar-refractivity contribution >= 4 is 0 Å². The molecule has 0 spiro atoms. The first-order chi connectivity index (χ1) is 14.7. The Labute approximate surface area is 176 Å². The maximum absolute atomic E-state index is 6.24. The minimum absolute atomic E-state index is 0.739. The lowest BCUT2D eigenvalue weighted by Crippen LogP contribution is -1.88. The first-order valence-corrected chi connectivity index (χ1v) is 9.59. The molecule has 1 heterocycles. The van der Waals surface area contributed by atoms with Gasteiger partial charge < -0.3 is 9.47 Å². The molecule has 0 radical (unpaired) electrons. The van der Waals surface area contributed by atoms with Gasteiger partial charge in [-0.25, -0.2) is 4.42 Å². The van der Waals surface area contributed by atoms with Crippen LogP contribution in [-0.4, -0.2) is 14.2 Å². The predicted molar refractivity (Wildman–Crippen MR) is 120 cm³/mol. The van der Waals surface area contributed by atoms with Gasteiger partial charge in [0.05, 0.1) is 37.5 Å². The monoisotopic (exact) mass is 393 g/mol. The van der Waals surface area contributed by atoms with Crippen LogP contribution < -0.4 is 9.47 Å². The highest BCUT2D eigenvalue weighted by molar-refractivity contribution is 5.67. The van der Waals surface area contributed by atoms with Crippen molar-refractivity contribution in [2.45, 2.75) is 0 Å². The van der Waals surface area contributed by atoms with Gasteiger partial charge in [-0.05, 0) is 60.7 Å².